The van der Waals surface area contributed by atoms with Gasteiger partial charge in [0.2, 0.25) is 5.91 Å². The molecular weight excluding hydrogens is 364 g/mol. The second-order valence-electron chi connectivity index (χ2n) is 7.41. The fourth-order valence-corrected chi connectivity index (χ4v) is 3.99. The lowest BCUT2D eigenvalue weighted by atomic mass is 9.93. The van der Waals surface area contributed by atoms with Gasteiger partial charge in [-0.2, -0.15) is 0 Å². The molecule has 0 radical (unpaired) electrons. The number of hydrogen-bond donors (Lipinski definition) is 2. The standard InChI is InChI=1S/C20H30N4O2.ClH/c1-21-14-16-9-12-23(13-10-16)19(25)17-6-5-11-24(15-17)20(26)22-18-7-3-2-4-8-18;/h2-4,7-8,16-17,21H,5-6,9-15H2,1H3,(H,22,26);1H. The number of anilines is 1. The van der Waals surface area contributed by atoms with Gasteiger partial charge in [0.05, 0.1) is 5.92 Å². The Morgan fingerprint density at radius 2 is 1.74 bits per heavy atom. The highest BCUT2D eigenvalue weighted by Crippen LogP contribution is 2.23. The zero-order chi connectivity index (χ0) is 18.4. The van der Waals surface area contributed by atoms with E-state index in [4.69, 9.17) is 0 Å². The van der Waals surface area contributed by atoms with E-state index in [2.05, 4.69) is 10.6 Å². The molecule has 7 heteroatoms. The number of carbonyl (C=O) groups excluding carboxylic acids is 2. The smallest absolute Gasteiger partial charge is 0.321 e. The van der Waals surface area contributed by atoms with Crippen LogP contribution in [0.15, 0.2) is 30.3 Å². The third kappa shape index (κ3) is 5.84. The largest absolute Gasteiger partial charge is 0.342 e. The lowest BCUT2D eigenvalue weighted by Gasteiger charge is -2.37. The summed E-state index contributed by atoms with van der Waals surface area (Å²) in [5.74, 6) is 0.833. The van der Waals surface area contributed by atoms with Crippen molar-refractivity contribution in [3.8, 4) is 0 Å². The molecule has 0 aromatic heterocycles. The zero-order valence-electron chi connectivity index (χ0n) is 16.0. The average molecular weight is 395 g/mol. The van der Waals surface area contributed by atoms with Gasteiger partial charge in [-0.05, 0) is 57.3 Å². The van der Waals surface area contributed by atoms with Crippen LogP contribution in [0.1, 0.15) is 25.7 Å². The minimum Gasteiger partial charge on any atom is -0.342 e. The van der Waals surface area contributed by atoms with Crippen molar-refractivity contribution in [3.05, 3.63) is 30.3 Å². The number of para-hydroxylation sites is 1. The molecule has 3 rings (SSSR count). The number of nitrogens with one attached hydrogen (secondary N) is 2. The fourth-order valence-electron chi connectivity index (χ4n) is 3.99. The van der Waals surface area contributed by atoms with Crippen molar-refractivity contribution in [1.29, 1.82) is 0 Å². The summed E-state index contributed by atoms with van der Waals surface area (Å²) in [6.45, 7) is 3.95. The summed E-state index contributed by atoms with van der Waals surface area (Å²) in [5, 5.41) is 6.15. The molecule has 2 aliphatic rings. The van der Waals surface area contributed by atoms with Crippen LogP contribution < -0.4 is 10.6 Å². The van der Waals surface area contributed by atoms with Gasteiger partial charge < -0.3 is 20.4 Å². The maximum atomic E-state index is 12.9. The Hall–Kier alpha value is -1.79. The summed E-state index contributed by atoms with van der Waals surface area (Å²) in [6.07, 6.45) is 3.90. The summed E-state index contributed by atoms with van der Waals surface area (Å²) in [6, 6.07) is 9.36. The van der Waals surface area contributed by atoms with E-state index in [1.54, 1.807) is 4.90 Å². The summed E-state index contributed by atoms with van der Waals surface area (Å²) in [5.41, 5.74) is 0.789. The molecule has 1 unspecified atom stereocenters. The van der Waals surface area contributed by atoms with Crippen LogP contribution in [0.3, 0.4) is 0 Å². The van der Waals surface area contributed by atoms with Crippen molar-refractivity contribution in [2.24, 2.45) is 11.8 Å². The molecule has 1 atom stereocenters. The number of urea groups is 1. The molecule has 27 heavy (non-hydrogen) atoms. The van der Waals surface area contributed by atoms with Gasteiger partial charge in [-0.25, -0.2) is 4.79 Å². The minimum atomic E-state index is -0.110. The first-order chi connectivity index (χ1) is 12.7. The quantitative estimate of drug-likeness (QED) is 0.825. The summed E-state index contributed by atoms with van der Waals surface area (Å²) in [7, 11) is 1.98. The maximum Gasteiger partial charge on any atom is 0.321 e. The highest BCUT2D eigenvalue weighted by Gasteiger charge is 2.32. The van der Waals surface area contributed by atoms with Crippen molar-refractivity contribution >= 4 is 30.0 Å². The molecule has 6 nitrogen and oxygen atoms in total. The molecule has 0 bridgehead atoms. The highest BCUT2D eigenvalue weighted by molar-refractivity contribution is 5.90. The van der Waals surface area contributed by atoms with E-state index in [0.29, 0.717) is 19.0 Å². The monoisotopic (exact) mass is 394 g/mol. The number of amides is 3. The first-order valence-corrected chi connectivity index (χ1v) is 9.71. The predicted molar refractivity (Wildman–Crippen MR) is 110 cm³/mol. The number of halogens is 1. The number of hydrogen-bond acceptors (Lipinski definition) is 3. The van der Waals surface area contributed by atoms with Crippen molar-refractivity contribution in [1.82, 2.24) is 15.1 Å². The number of rotatable bonds is 4. The van der Waals surface area contributed by atoms with Gasteiger partial charge in [0.1, 0.15) is 0 Å². The van der Waals surface area contributed by atoms with E-state index in [1.807, 2.05) is 42.3 Å². The van der Waals surface area contributed by atoms with Crippen LogP contribution in [-0.4, -0.2) is 61.5 Å². The molecule has 2 heterocycles. The Labute approximate surface area is 168 Å². The molecule has 1 aromatic rings. The highest BCUT2D eigenvalue weighted by atomic mass is 35.5. The molecule has 150 valence electrons. The molecule has 2 aliphatic heterocycles. The number of carbonyl (C=O) groups is 2. The zero-order valence-corrected chi connectivity index (χ0v) is 16.8. The number of piperidine rings is 2. The van der Waals surface area contributed by atoms with Crippen LogP contribution in [0.2, 0.25) is 0 Å². The van der Waals surface area contributed by atoms with E-state index >= 15 is 0 Å². The third-order valence-electron chi connectivity index (χ3n) is 5.50. The predicted octanol–water partition coefficient (Wildman–Crippen LogP) is 2.81. The van der Waals surface area contributed by atoms with Gasteiger partial charge in [-0.1, -0.05) is 18.2 Å². The summed E-state index contributed by atoms with van der Waals surface area (Å²) < 4.78 is 0. The molecule has 1 aromatic carbocycles. The van der Waals surface area contributed by atoms with Crippen LogP contribution in [0.5, 0.6) is 0 Å². The first kappa shape index (κ1) is 21.5. The third-order valence-corrected chi connectivity index (χ3v) is 5.50. The Bertz CT molecular complexity index is 605. The van der Waals surface area contributed by atoms with E-state index < -0.39 is 0 Å². The van der Waals surface area contributed by atoms with Crippen LogP contribution in [0.4, 0.5) is 10.5 Å². The van der Waals surface area contributed by atoms with Gasteiger partial charge in [0.25, 0.3) is 0 Å². The lowest BCUT2D eigenvalue weighted by molar-refractivity contribution is -0.138. The van der Waals surface area contributed by atoms with Gasteiger partial charge in [0.15, 0.2) is 0 Å². The lowest BCUT2D eigenvalue weighted by Crippen LogP contribution is -2.49. The molecule has 2 saturated heterocycles. The minimum absolute atomic E-state index is 0. The van der Waals surface area contributed by atoms with Gasteiger partial charge >= 0.3 is 6.03 Å². The number of likely N-dealkylation sites (tertiary alicyclic amines) is 2. The molecule has 3 amide bonds. The second-order valence-corrected chi connectivity index (χ2v) is 7.41. The Morgan fingerprint density at radius 1 is 1.04 bits per heavy atom. The SMILES string of the molecule is CNCC1CCN(C(=O)C2CCCN(C(=O)Nc3ccccc3)C2)CC1.Cl. The Morgan fingerprint density at radius 3 is 2.41 bits per heavy atom. The molecule has 0 saturated carbocycles. The van der Waals surface area contributed by atoms with Crippen LogP contribution in [0, 0.1) is 11.8 Å². The maximum absolute atomic E-state index is 12.9. The number of benzene rings is 1. The molecular formula is C20H31ClN4O2. The van der Waals surface area contributed by atoms with Crippen molar-refractivity contribution < 1.29 is 9.59 Å². The topological polar surface area (TPSA) is 64.7 Å². The van der Waals surface area contributed by atoms with Crippen LogP contribution >= 0.6 is 12.4 Å². The van der Waals surface area contributed by atoms with Crippen LogP contribution in [0.25, 0.3) is 0 Å². The van der Waals surface area contributed by atoms with E-state index in [1.165, 1.54) is 0 Å². The van der Waals surface area contributed by atoms with Crippen molar-refractivity contribution in [3.63, 3.8) is 0 Å². The Balaban J connectivity index is 0.00000261. The van der Waals surface area contributed by atoms with Gasteiger partial charge in [-0.15, -0.1) is 12.4 Å². The van der Waals surface area contributed by atoms with Crippen LogP contribution in [-0.2, 0) is 4.79 Å². The van der Waals surface area contributed by atoms with E-state index in [9.17, 15) is 9.59 Å². The van der Waals surface area contributed by atoms with Crippen molar-refractivity contribution in [2.45, 2.75) is 25.7 Å². The molecule has 0 aliphatic carbocycles. The normalized spacial score (nSPS) is 20.7. The summed E-state index contributed by atoms with van der Waals surface area (Å²) >= 11 is 0. The molecule has 0 spiro atoms. The van der Waals surface area contributed by atoms with Gasteiger partial charge in [0, 0.05) is 31.9 Å². The summed E-state index contributed by atoms with van der Waals surface area (Å²) in [4.78, 5) is 29.2. The average Bonchev–Trinajstić information content (AvgIpc) is 2.69. The fraction of sp³-hybridized carbons (Fsp3) is 0.600. The second kappa shape index (κ2) is 10.5. The Kier molecular flexibility index (Phi) is 8.38. The number of nitrogens with zero attached hydrogens (tertiary/aromatic N) is 2. The van der Waals surface area contributed by atoms with Crippen molar-refractivity contribution in [2.75, 3.05) is 45.1 Å². The first-order valence-electron chi connectivity index (χ1n) is 9.71. The van der Waals surface area contributed by atoms with E-state index in [0.717, 1.165) is 51.0 Å². The van der Waals surface area contributed by atoms with Gasteiger partial charge in [-0.3, -0.25) is 4.79 Å². The van der Waals surface area contributed by atoms with E-state index in [-0.39, 0.29) is 30.3 Å². The molecule has 2 N–H and O–H groups in total. The molecule has 2 fully saturated rings.